The van der Waals surface area contributed by atoms with Gasteiger partial charge in [0.25, 0.3) is 0 Å². The first-order valence-electron chi connectivity index (χ1n) is 6.46. The predicted octanol–water partition coefficient (Wildman–Crippen LogP) is 4.15. The number of ether oxygens (including phenoxy) is 1. The van der Waals surface area contributed by atoms with Crippen LogP contribution in [0, 0.1) is 20.8 Å². The molecule has 0 unspecified atom stereocenters. The van der Waals surface area contributed by atoms with Gasteiger partial charge in [0.1, 0.15) is 11.5 Å². The number of amidine groups is 1. The molecule has 0 atom stereocenters. The molecular weight excluding hydrogens is 288 g/mol. The second-order valence-corrected chi connectivity index (χ2v) is 5.26. The van der Waals surface area contributed by atoms with Gasteiger partial charge in [-0.15, -0.1) is 0 Å². The van der Waals surface area contributed by atoms with Gasteiger partial charge in [-0.2, -0.15) is 0 Å². The smallest absolute Gasteiger partial charge is 0.175 e. The van der Waals surface area contributed by atoms with Crippen molar-refractivity contribution >= 4 is 17.4 Å². The first-order valence-corrected chi connectivity index (χ1v) is 6.84. The Labute approximate surface area is 128 Å². The average Bonchev–Trinajstić information content (AvgIpc) is 2.47. The summed E-state index contributed by atoms with van der Waals surface area (Å²) in [5.74, 6) is 1.12. The van der Waals surface area contributed by atoms with E-state index in [-0.39, 0.29) is 5.84 Å². The summed E-state index contributed by atoms with van der Waals surface area (Å²) in [5.41, 5.74) is 9.24. The minimum atomic E-state index is -0.0847. The number of rotatable bonds is 3. The Kier molecular flexibility index (Phi) is 4.38. The summed E-state index contributed by atoms with van der Waals surface area (Å²) in [6.07, 6.45) is 0. The molecule has 0 aliphatic carbocycles. The maximum atomic E-state index is 8.91. The Balaban J connectivity index is 2.56. The highest BCUT2D eigenvalue weighted by molar-refractivity contribution is 6.34. The van der Waals surface area contributed by atoms with E-state index in [4.69, 9.17) is 27.3 Å². The molecule has 2 aromatic rings. The summed E-state index contributed by atoms with van der Waals surface area (Å²) in [7, 11) is 0. The zero-order chi connectivity index (χ0) is 15.6. The highest BCUT2D eigenvalue weighted by Gasteiger charge is 2.16. The van der Waals surface area contributed by atoms with Gasteiger partial charge in [0.2, 0.25) is 0 Å². The van der Waals surface area contributed by atoms with Gasteiger partial charge in [0, 0.05) is 0 Å². The van der Waals surface area contributed by atoms with Gasteiger partial charge in [-0.05, 0) is 49.6 Å². The second-order valence-electron chi connectivity index (χ2n) is 4.85. The number of nitrogens with zero attached hydrogens (tertiary/aromatic N) is 1. The number of halogens is 1. The van der Waals surface area contributed by atoms with Crippen LogP contribution in [0.4, 0.5) is 0 Å². The lowest BCUT2D eigenvalue weighted by atomic mass is 10.1. The number of hydrogen-bond acceptors (Lipinski definition) is 3. The number of hydrogen-bond donors (Lipinski definition) is 2. The molecule has 5 heteroatoms. The molecular formula is C16H17ClN2O2. The fourth-order valence-corrected chi connectivity index (χ4v) is 2.34. The van der Waals surface area contributed by atoms with Crippen LogP contribution >= 0.6 is 11.6 Å². The fourth-order valence-electron chi connectivity index (χ4n) is 2.08. The molecule has 0 heterocycles. The molecule has 0 aliphatic heterocycles. The van der Waals surface area contributed by atoms with E-state index in [1.165, 1.54) is 0 Å². The summed E-state index contributed by atoms with van der Waals surface area (Å²) in [6, 6.07) is 9.19. The lowest BCUT2D eigenvalue weighted by Gasteiger charge is -2.16. The van der Waals surface area contributed by atoms with Crippen molar-refractivity contribution in [3.05, 3.63) is 57.6 Å². The summed E-state index contributed by atoms with van der Waals surface area (Å²) < 4.78 is 6.00. The summed E-state index contributed by atoms with van der Waals surface area (Å²) in [5, 5.41) is 12.3. The van der Waals surface area contributed by atoms with E-state index < -0.39 is 0 Å². The van der Waals surface area contributed by atoms with Crippen LogP contribution in [0.25, 0.3) is 0 Å². The molecule has 0 saturated heterocycles. The van der Waals surface area contributed by atoms with Gasteiger partial charge < -0.3 is 15.7 Å². The molecule has 0 aromatic heterocycles. The van der Waals surface area contributed by atoms with Crippen molar-refractivity contribution < 1.29 is 9.94 Å². The van der Waals surface area contributed by atoms with Gasteiger partial charge in [-0.3, -0.25) is 0 Å². The predicted molar refractivity (Wildman–Crippen MR) is 84.7 cm³/mol. The zero-order valence-corrected chi connectivity index (χ0v) is 12.9. The van der Waals surface area contributed by atoms with Crippen molar-refractivity contribution in [1.29, 1.82) is 0 Å². The molecule has 110 valence electrons. The summed E-state index contributed by atoms with van der Waals surface area (Å²) in [4.78, 5) is 0. The van der Waals surface area contributed by atoms with Crippen molar-refractivity contribution in [2.24, 2.45) is 10.9 Å². The van der Waals surface area contributed by atoms with Crippen molar-refractivity contribution in [1.82, 2.24) is 0 Å². The van der Waals surface area contributed by atoms with E-state index >= 15 is 0 Å². The van der Waals surface area contributed by atoms with E-state index in [0.717, 1.165) is 22.4 Å². The third-order valence-electron chi connectivity index (χ3n) is 3.42. The maximum absolute atomic E-state index is 8.91. The maximum Gasteiger partial charge on any atom is 0.175 e. The molecule has 21 heavy (non-hydrogen) atoms. The Morgan fingerprint density at radius 3 is 2.48 bits per heavy atom. The largest absolute Gasteiger partial charge is 0.456 e. The number of aryl methyl sites for hydroxylation is 2. The molecule has 3 N–H and O–H groups in total. The van der Waals surface area contributed by atoms with E-state index in [0.29, 0.717) is 16.3 Å². The standard InChI is InChI=1S/C16H17ClN2O2/c1-9-7-8-10(2)15(11(9)3)21-13-6-4-5-12(17)14(13)16(18)19-20/h4-8,20H,1-3H3,(H2,18,19). The number of nitrogens with two attached hydrogens (primary N) is 1. The molecule has 0 aliphatic rings. The second kappa shape index (κ2) is 6.06. The monoisotopic (exact) mass is 304 g/mol. The average molecular weight is 305 g/mol. The first kappa shape index (κ1) is 15.2. The van der Waals surface area contributed by atoms with Crippen LogP contribution in [0.15, 0.2) is 35.5 Å². The van der Waals surface area contributed by atoms with E-state index in [1.807, 2.05) is 32.9 Å². The van der Waals surface area contributed by atoms with Crippen molar-refractivity contribution in [3.63, 3.8) is 0 Å². The highest BCUT2D eigenvalue weighted by atomic mass is 35.5. The van der Waals surface area contributed by atoms with E-state index in [9.17, 15) is 0 Å². The Morgan fingerprint density at radius 1 is 1.14 bits per heavy atom. The molecule has 0 radical (unpaired) electrons. The van der Waals surface area contributed by atoms with E-state index in [1.54, 1.807) is 18.2 Å². The lowest BCUT2D eigenvalue weighted by Crippen LogP contribution is -2.15. The third kappa shape index (κ3) is 2.95. The fraction of sp³-hybridized carbons (Fsp3) is 0.188. The molecule has 0 saturated carbocycles. The quantitative estimate of drug-likeness (QED) is 0.387. The summed E-state index contributed by atoms with van der Waals surface area (Å²) in [6.45, 7) is 5.98. The minimum Gasteiger partial charge on any atom is -0.456 e. The molecule has 2 rings (SSSR count). The Bertz CT molecular complexity index is 712. The number of benzene rings is 2. The van der Waals surface area contributed by atoms with Crippen LogP contribution < -0.4 is 10.5 Å². The van der Waals surface area contributed by atoms with Crippen LogP contribution in [0.2, 0.25) is 5.02 Å². The van der Waals surface area contributed by atoms with Gasteiger partial charge in [-0.25, -0.2) is 0 Å². The van der Waals surface area contributed by atoms with E-state index in [2.05, 4.69) is 5.16 Å². The minimum absolute atomic E-state index is 0.0847. The SMILES string of the molecule is Cc1ccc(C)c(Oc2cccc(Cl)c2C(N)=NO)c1C. The van der Waals surface area contributed by atoms with Gasteiger partial charge in [0.05, 0.1) is 10.6 Å². The van der Waals surface area contributed by atoms with Gasteiger partial charge in [0.15, 0.2) is 5.84 Å². The molecule has 0 amide bonds. The molecule has 0 fully saturated rings. The van der Waals surface area contributed by atoms with Gasteiger partial charge in [-0.1, -0.05) is 35.0 Å². The van der Waals surface area contributed by atoms with Crippen molar-refractivity contribution in [3.8, 4) is 11.5 Å². The molecule has 2 aromatic carbocycles. The zero-order valence-electron chi connectivity index (χ0n) is 12.1. The molecule has 0 spiro atoms. The van der Waals surface area contributed by atoms with Crippen LogP contribution in [-0.4, -0.2) is 11.0 Å². The van der Waals surface area contributed by atoms with Crippen LogP contribution in [-0.2, 0) is 0 Å². The first-order chi connectivity index (χ1) is 9.95. The topological polar surface area (TPSA) is 67.8 Å². The van der Waals surface area contributed by atoms with Crippen LogP contribution in [0.3, 0.4) is 0 Å². The third-order valence-corrected chi connectivity index (χ3v) is 3.74. The summed E-state index contributed by atoms with van der Waals surface area (Å²) >= 11 is 6.13. The number of oxime groups is 1. The van der Waals surface area contributed by atoms with Gasteiger partial charge >= 0.3 is 0 Å². The normalized spacial score (nSPS) is 11.5. The van der Waals surface area contributed by atoms with Crippen molar-refractivity contribution in [2.75, 3.05) is 0 Å². The Hall–Kier alpha value is -2.20. The van der Waals surface area contributed by atoms with Crippen LogP contribution in [0.5, 0.6) is 11.5 Å². The van der Waals surface area contributed by atoms with Crippen molar-refractivity contribution in [2.45, 2.75) is 20.8 Å². The van der Waals surface area contributed by atoms with Crippen LogP contribution in [0.1, 0.15) is 22.3 Å². The molecule has 0 bridgehead atoms. The Morgan fingerprint density at radius 2 is 1.81 bits per heavy atom. The lowest BCUT2D eigenvalue weighted by molar-refractivity contribution is 0.318. The highest BCUT2D eigenvalue weighted by Crippen LogP contribution is 2.34. The molecule has 4 nitrogen and oxygen atoms in total.